The number of aromatic nitrogens is 1. The number of alkyl halides is 3. The minimum Gasteiger partial charge on any atom is -0.480 e. The summed E-state index contributed by atoms with van der Waals surface area (Å²) in [4.78, 5) is 16.3. The van der Waals surface area contributed by atoms with E-state index in [1.807, 2.05) is 0 Å². The fraction of sp³-hybridized carbons (Fsp3) is 0.538. The van der Waals surface area contributed by atoms with Crippen LogP contribution in [0.25, 0.3) is 0 Å². The number of rotatable bonds is 1. The first-order chi connectivity index (χ1) is 10.6. The number of pyridine rings is 1. The minimum absolute atomic E-state index is 0.0459. The van der Waals surface area contributed by atoms with Gasteiger partial charge < -0.3 is 19.8 Å². The zero-order valence-electron chi connectivity index (χ0n) is 11.5. The maximum absolute atomic E-state index is 13.4. The molecule has 1 aromatic rings. The van der Waals surface area contributed by atoms with Crippen LogP contribution in [0, 0.1) is 0 Å². The SMILES string of the molecule is O=C(O)[C@@H]1COC[C@H]2CC(O)(C(F)(F)F)c3ncc(Cl)cc3N21. The van der Waals surface area contributed by atoms with Crippen LogP contribution < -0.4 is 4.90 Å². The second-order valence-corrected chi connectivity index (χ2v) is 5.97. The van der Waals surface area contributed by atoms with Crippen molar-refractivity contribution < 1.29 is 32.9 Å². The normalized spacial score (nSPS) is 30.6. The van der Waals surface area contributed by atoms with Gasteiger partial charge in [0.2, 0.25) is 5.60 Å². The fourth-order valence-corrected chi connectivity index (χ4v) is 3.23. The molecule has 1 fully saturated rings. The molecule has 2 N–H and O–H groups in total. The number of ether oxygens (including phenoxy) is 1. The van der Waals surface area contributed by atoms with E-state index in [9.17, 15) is 28.2 Å². The molecule has 3 rings (SSSR count). The van der Waals surface area contributed by atoms with E-state index in [0.29, 0.717) is 0 Å². The topological polar surface area (TPSA) is 82.9 Å². The minimum atomic E-state index is -4.97. The lowest BCUT2D eigenvalue weighted by Gasteiger charge is -2.49. The van der Waals surface area contributed by atoms with Gasteiger partial charge in [-0.25, -0.2) is 4.79 Å². The molecule has 0 radical (unpaired) electrons. The van der Waals surface area contributed by atoms with E-state index in [1.165, 1.54) is 11.0 Å². The third-order valence-corrected chi connectivity index (χ3v) is 4.31. The van der Waals surface area contributed by atoms with E-state index in [4.69, 9.17) is 16.3 Å². The first-order valence-electron chi connectivity index (χ1n) is 6.69. The van der Waals surface area contributed by atoms with Gasteiger partial charge in [0, 0.05) is 12.6 Å². The van der Waals surface area contributed by atoms with Crippen LogP contribution >= 0.6 is 11.6 Å². The third kappa shape index (κ3) is 2.43. The van der Waals surface area contributed by atoms with Crippen molar-refractivity contribution in [1.29, 1.82) is 0 Å². The van der Waals surface area contributed by atoms with E-state index < -0.39 is 41.9 Å². The van der Waals surface area contributed by atoms with Crippen molar-refractivity contribution in [2.75, 3.05) is 18.1 Å². The van der Waals surface area contributed by atoms with Gasteiger partial charge in [-0.2, -0.15) is 13.2 Å². The molecule has 0 amide bonds. The Bertz CT molecular complexity index is 657. The first-order valence-corrected chi connectivity index (χ1v) is 7.07. The van der Waals surface area contributed by atoms with Gasteiger partial charge in [-0.1, -0.05) is 11.6 Å². The van der Waals surface area contributed by atoms with Crippen molar-refractivity contribution >= 4 is 23.3 Å². The summed E-state index contributed by atoms with van der Waals surface area (Å²) in [7, 11) is 0. The second kappa shape index (κ2) is 5.22. The molecule has 6 nitrogen and oxygen atoms in total. The van der Waals surface area contributed by atoms with E-state index in [1.54, 1.807) is 0 Å². The predicted octanol–water partition coefficient (Wildman–Crippen LogP) is 1.55. The number of halogens is 4. The zero-order chi connectivity index (χ0) is 17.0. The fourth-order valence-electron chi connectivity index (χ4n) is 3.07. The number of aliphatic carboxylic acids is 1. The lowest BCUT2D eigenvalue weighted by atomic mass is 9.83. The highest BCUT2D eigenvalue weighted by Gasteiger charge is 2.62. The lowest BCUT2D eigenvalue weighted by molar-refractivity contribution is -0.275. The molecule has 1 aromatic heterocycles. The van der Waals surface area contributed by atoms with E-state index in [-0.39, 0.29) is 23.9 Å². The number of carboxylic acids is 1. The molecule has 126 valence electrons. The average molecular weight is 353 g/mol. The largest absolute Gasteiger partial charge is 0.480 e. The van der Waals surface area contributed by atoms with Crippen LogP contribution in [0.1, 0.15) is 12.1 Å². The highest BCUT2D eigenvalue weighted by molar-refractivity contribution is 6.30. The number of hydrogen-bond acceptors (Lipinski definition) is 5. The quantitative estimate of drug-likeness (QED) is 0.798. The van der Waals surface area contributed by atoms with Gasteiger partial charge >= 0.3 is 12.1 Å². The standard InChI is InChI=1S/C13H12ClF3N2O4/c14-6-1-8-10(18-3-6)12(22,13(15,16)17)2-7-4-23-5-9(11(20)21)19(7)8/h1,3,7,9,22H,2,4-5H2,(H,20,21)/t7-,9+,12?/m1/s1. The molecule has 0 aromatic carbocycles. The molecule has 3 atom stereocenters. The Hall–Kier alpha value is -1.58. The summed E-state index contributed by atoms with van der Waals surface area (Å²) in [6.07, 6.45) is -4.74. The smallest absolute Gasteiger partial charge is 0.423 e. The molecule has 1 saturated heterocycles. The molecule has 10 heteroatoms. The molecule has 0 aliphatic carbocycles. The molecule has 1 unspecified atom stereocenters. The number of morpholine rings is 1. The molecule has 3 heterocycles. The Morgan fingerprint density at radius 3 is 2.78 bits per heavy atom. The first kappa shape index (κ1) is 16.3. The molecule has 2 aliphatic heterocycles. The van der Waals surface area contributed by atoms with Gasteiger partial charge in [0.05, 0.1) is 30.0 Å². The Balaban J connectivity index is 2.20. The molecule has 0 spiro atoms. The monoisotopic (exact) mass is 352 g/mol. The van der Waals surface area contributed by atoms with Crippen molar-refractivity contribution in [3.63, 3.8) is 0 Å². The summed E-state index contributed by atoms with van der Waals surface area (Å²) in [6.45, 7) is -0.309. The number of nitrogens with zero attached hydrogens (tertiary/aromatic N) is 2. The van der Waals surface area contributed by atoms with Crippen molar-refractivity contribution in [2.45, 2.75) is 30.3 Å². The average Bonchev–Trinajstić information content (AvgIpc) is 2.45. The van der Waals surface area contributed by atoms with Gasteiger partial charge in [-0.05, 0) is 6.07 Å². The highest BCUT2D eigenvalue weighted by Crippen LogP contribution is 2.50. The van der Waals surface area contributed by atoms with E-state index >= 15 is 0 Å². The summed E-state index contributed by atoms with van der Waals surface area (Å²) < 4.78 is 45.4. The van der Waals surface area contributed by atoms with Gasteiger partial charge in [0.15, 0.2) is 6.04 Å². The van der Waals surface area contributed by atoms with Crippen LogP contribution in [0.5, 0.6) is 0 Å². The predicted molar refractivity (Wildman–Crippen MR) is 72.3 cm³/mol. The molecular formula is C13H12ClF3N2O4. The van der Waals surface area contributed by atoms with Gasteiger partial charge in [-0.3, -0.25) is 4.98 Å². The molecule has 2 aliphatic rings. The van der Waals surface area contributed by atoms with Gasteiger partial charge in [0.25, 0.3) is 0 Å². The maximum atomic E-state index is 13.4. The van der Waals surface area contributed by atoms with Crippen molar-refractivity contribution in [3.05, 3.63) is 23.0 Å². The van der Waals surface area contributed by atoms with Crippen LogP contribution in [0.2, 0.25) is 5.02 Å². The second-order valence-electron chi connectivity index (χ2n) is 5.54. The van der Waals surface area contributed by atoms with Crippen LogP contribution in [0.3, 0.4) is 0 Å². The third-order valence-electron chi connectivity index (χ3n) is 4.10. The number of carbonyl (C=O) groups is 1. The summed E-state index contributed by atoms with van der Waals surface area (Å²) in [6, 6.07) is -0.941. The van der Waals surface area contributed by atoms with Crippen molar-refractivity contribution in [1.82, 2.24) is 4.98 Å². The molecule has 0 saturated carbocycles. The van der Waals surface area contributed by atoms with Crippen molar-refractivity contribution in [2.24, 2.45) is 0 Å². The summed E-state index contributed by atoms with van der Waals surface area (Å²) in [5.74, 6) is -1.24. The number of anilines is 1. The maximum Gasteiger partial charge on any atom is 0.423 e. The van der Waals surface area contributed by atoms with Crippen LogP contribution in [-0.2, 0) is 15.1 Å². The summed E-state index contributed by atoms with van der Waals surface area (Å²) >= 11 is 5.81. The summed E-state index contributed by atoms with van der Waals surface area (Å²) in [5, 5.41) is 19.6. The van der Waals surface area contributed by atoms with Gasteiger partial charge in [-0.15, -0.1) is 0 Å². The van der Waals surface area contributed by atoms with Crippen LogP contribution in [-0.4, -0.2) is 52.6 Å². The van der Waals surface area contributed by atoms with Crippen molar-refractivity contribution in [3.8, 4) is 0 Å². The number of fused-ring (bicyclic) bond motifs is 3. The lowest BCUT2D eigenvalue weighted by Crippen LogP contribution is -2.63. The Labute approximate surface area is 133 Å². The highest BCUT2D eigenvalue weighted by atomic mass is 35.5. The number of carboxylic acid groups (broad SMARTS) is 1. The Morgan fingerprint density at radius 2 is 2.17 bits per heavy atom. The Kier molecular flexibility index (Phi) is 3.69. The van der Waals surface area contributed by atoms with Gasteiger partial charge in [0.1, 0.15) is 5.69 Å². The number of hydrogen-bond donors (Lipinski definition) is 2. The van der Waals surface area contributed by atoms with Crippen LogP contribution in [0.4, 0.5) is 18.9 Å². The van der Waals surface area contributed by atoms with E-state index in [0.717, 1.165) is 6.20 Å². The Morgan fingerprint density at radius 1 is 1.48 bits per heavy atom. The molecule has 23 heavy (non-hydrogen) atoms. The summed E-state index contributed by atoms with van der Waals surface area (Å²) in [5.41, 5.74) is -3.96. The molecular weight excluding hydrogens is 341 g/mol. The number of aliphatic hydroxyl groups is 1. The van der Waals surface area contributed by atoms with E-state index in [2.05, 4.69) is 4.98 Å². The van der Waals surface area contributed by atoms with Crippen LogP contribution in [0.15, 0.2) is 12.3 Å². The zero-order valence-corrected chi connectivity index (χ0v) is 12.3. The molecule has 0 bridgehead atoms.